The number of hydrogen-bond acceptors (Lipinski definition) is 3. The molecule has 2 rings (SSSR count). The standard InChI is InChI=1S/C13H17ClN4/c1-4-15-12(13-16-8-17-18(13)3)10-5-9(2)6-11(14)7-10/h5-8,12,15H,4H2,1-3H3. The van der Waals surface area contributed by atoms with Gasteiger partial charge >= 0.3 is 0 Å². The lowest BCUT2D eigenvalue weighted by Crippen LogP contribution is -2.25. The number of aromatic nitrogens is 3. The molecular weight excluding hydrogens is 248 g/mol. The van der Waals surface area contributed by atoms with E-state index >= 15 is 0 Å². The molecule has 0 aliphatic carbocycles. The number of benzene rings is 1. The summed E-state index contributed by atoms with van der Waals surface area (Å²) in [5.74, 6) is 0.888. The molecule has 0 spiro atoms. The zero-order valence-electron chi connectivity index (χ0n) is 10.8. The first-order chi connectivity index (χ1) is 8.61. The molecule has 96 valence electrons. The van der Waals surface area contributed by atoms with Crippen LogP contribution in [0, 0.1) is 6.92 Å². The Hall–Kier alpha value is -1.39. The summed E-state index contributed by atoms with van der Waals surface area (Å²) in [6, 6.07) is 6.05. The Morgan fingerprint density at radius 1 is 1.39 bits per heavy atom. The van der Waals surface area contributed by atoms with E-state index in [1.165, 1.54) is 0 Å². The molecule has 0 bridgehead atoms. The first-order valence-corrected chi connectivity index (χ1v) is 6.34. The smallest absolute Gasteiger partial charge is 0.148 e. The van der Waals surface area contributed by atoms with E-state index in [0.29, 0.717) is 0 Å². The van der Waals surface area contributed by atoms with Crippen molar-refractivity contribution in [3.63, 3.8) is 0 Å². The van der Waals surface area contributed by atoms with E-state index in [-0.39, 0.29) is 6.04 Å². The van der Waals surface area contributed by atoms with E-state index in [1.807, 2.05) is 26.1 Å². The molecule has 0 radical (unpaired) electrons. The van der Waals surface area contributed by atoms with Gasteiger partial charge in [0, 0.05) is 12.1 Å². The van der Waals surface area contributed by atoms with E-state index in [4.69, 9.17) is 11.6 Å². The van der Waals surface area contributed by atoms with Crippen molar-refractivity contribution in [1.82, 2.24) is 20.1 Å². The third-order valence-corrected chi connectivity index (χ3v) is 3.03. The van der Waals surface area contributed by atoms with Gasteiger partial charge in [-0.2, -0.15) is 5.10 Å². The summed E-state index contributed by atoms with van der Waals surface area (Å²) in [5.41, 5.74) is 2.25. The Morgan fingerprint density at radius 3 is 2.72 bits per heavy atom. The normalized spacial score (nSPS) is 12.7. The lowest BCUT2D eigenvalue weighted by atomic mass is 10.0. The highest BCUT2D eigenvalue weighted by Crippen LogP contribution is 2.24. The molecule has 0 aliphatic heterocycles. The molecule has 0 aliphatic rings. The summed E-state index contributed by atoms with van der Waals surface area (Å²) >= 11 is 6.12. The second-order valence-electron chi connectivity index (χ2n) is 4.29. The van der Waals surface area contributed by atoms with Gasteiger partial charge in [0.15, 0.2) is 0 Å². The molecule has 1 aromatic carbocycles. The van der Waals surface area contributed by atoms with Gasteiger partial charge in [-0.3, -0.25) is 4.68 Å². The van der Waals surface area contributed by atoms with Crippen molar-refractivity contribution in [2.75, 3.05) is 6.54 Å². The van der Waals surface area contributed by atoms with E-state index in [9.17, 15) is 0 Å². The predicted molar refractivity (Wildman–Crippen MR) is 72.7 cm³/mol. The van der Waals surface area contributed by atoms with Gasteiger partial charge in [0.25, 0.3) is 0 Å². The molecule has 1 aromatic heterocycles. The highest BCUT2D eigenvalue weighted by Gasteiger charge is 2.18. The van der Waals surface area contributed by atoms with E-state index < -0.39 is 0 Å². The van der Waals surface area contributed by atoms with Crippen LogP contribution in [0.2, 0.25) is 5.02 Å². The predicted octanol–water partition coefficient (Wildman–Crippen LogP) is 2.48. The lowest BCUT2D eigenvalue weighted by molar-refractivity contribution is 0.559. The average Bonchev–Trinajstić information content (AvgIpc) is 2.71. The minimum absolute atomic E-state index is 0.0138. The zero-order chi connectivity index (χ0) is 13.1. The summed E-state index contributed by atoms with van der Waals surface area (Å²) in [5, 5.41) is 8.28. The number of rotatable bonds is 4. The molecule has 1 unspecified atom stereocenters. The number of aryl methyl sites for hydroxylation is 2. The Balaban J connectivity index is 2.44. The molecule has 1 N–H and O–H groups in total. The van der Waals surface area contributed by atoms with E-state index in [1.54, 1.807) is 11.0 Å². The van der Waals surface area contributed by atoms with Crippen LogP contribution in [0.3, 0.4) is 0 Å². The molecule has 0 fully saturated rings. The van der Waals surface area contributed by atoms with Gasteiger partial charge in [-0.25, -0.2) is 4.98 Å². The number of nitrogens with zero attached hydrogens (tertiary/aromatic N) is 3. The van der Waals surface area contributed by atoms with Crippen LogP contribution in [0.25, 0.3) is 0 Å². The van der Waals surface area contributed by atoms with Gasteiger partial charge in [-0.1, -0.05) is 24.6 Å². The summed E-state index contributed by atoms with van der Waals surface area (Å²) in [6.07, 6.45) is 1.57. The molecule has 0 saturated heterocycles. The second-order valence-corrected chi connectivity index (χ2v) is 4.73. The average molecular weight is 265 g/mol. The van der Waals surface area contributed by atoms with Crippen LogP contribution in [0.1, 0.15) is 29.9 Å². The summed E-state index contributed by atoms with van der Waals surface area (Å²) < 4.78 is 1.78. The van der Waals surface area contributed by atoms with Crippen molar-refractivity contribution >= 4 is 11.6 Å². The molecule has 4 nitrogen and oxygen atoms in total. The Kier molecular flexibility index (Phi) is 3.99. The fourth-order valence-corrected chi connectivity index (χ4v) is 2.36. The second kappa shape index (κ2) is 5.50. The maximum atomic E-state index is 6.12. The lowest BCUT2D eigenvalue weighted by Gasteiger charge is -2.18. The van der Waals surface area contributed by atoms with Crippen LogP contribution < -0.4 is 5.32 Å². The van der Waals surface area contributed by atoms with Crippen LogP contribution >= 0.6 is 11.6 Å². The van der Waals surface area contributed by atoms with Crippen molar-refractivity contribution < 1.29 is 0 Å². The van der Waals surface area contributed by atoms with Crippen LogP contribution in [-0.4, -0.2) is 21.3 Å². The fourth-order valence-electron chi connectivity index (χ4n) is 2.06. The van der Waals surface area contributed by atoms with Crippen molar-refractivity contribution in [2.45, 2.75) is 19.9 Å². The van der Waals surface area contributed by atoms with Gasteiger partial charge in [0.2, 0.25) is 0 Å². The number of halogens is 1. The third kappa shape index (κ3) is 2.71. The molecule has 5 heteroatoms. The quantitative estimate of drug-likeness (QED) is 0.923. The fraction of sp³-hybridized carbons (Fsp3) is 0.385. The summed E-state index contributed by atoms with van der Waals surface area (Å²) in [6.45, 7) is 4.96. The first-order valence-electron chi connectivity index (χ1n) is 5.96. The minimum atomic E-state index is 0.0138. The van der Waals surface area contributed by atoms with Crippen molar-refractivity contribution in [2.24, 2.45) is 7.05 Å². The molecule has 2 aromatic rings. The Labute approximate surface area is 112 Å². The van der Waals surface area contributed by atoms with E-state index in [0.717, 1.165) is 28.5 Å². The highest BCUT2D eigenvalue weighted by atomic mass is 35.5. The van der Waals surface area contributed by atoms with Crippen LogP contribution in [0.4, 0.5) is 0 Å². The van der Waals surface area contributed by atoms with Gasteiger partial charge in [0.1, 0.15) is 12.2 Å². The summed E-state index contributed by atoms with van der Waals surface area (Å²) in [4.78, 5) is 4.32. The molecule has 1 heterocycles. The SMILES string of the molecule is CCNC(c1cc(C)cc(Cl)c1)c1ncnn1C. The van der Waals surface area contributed by atoms with Gasteiger partial charge in [-0.05, 0) is 36.7 Å². The zero-order valence-corrected chi connectivity index (χ0v) is 11.6. The first kappa shape index (κ1) is 13.1. The maximum Gasteiger partial charge on any atom is 0.148 e. The van der Waals surface area contributed by atoms with Gasteiger partial charge in [0.05, 0.1) is 6.04 Å². The molecule has 0 saturated carbocycles. The highest BCUT2D eigenvalue weighted by molar-refractivity contribution is 6.30. The number of nitrogens with one attached hydrogen (secondary N) is 1. The monoisotopic (exact) mass is 264 g/mol. The maximum absolute atomic E-state index is 6.12. The largest absolute Gasteiger partial charge is 0.304 e. The van der Waals surface area contributed by atoms with Gasteiger partial charge < -0.3 is 5.32 Å². The van der Waals surface area contributed by atoms with E-state index in [2.05, 4.69) is 28.4 Å². The Bertz CT molecular complexity index is 515. The third-order valence-electron chi connectivity index (χ3n) is 2.81. The minimum Gasteiger partial charge on any atom is -0.304 e. The van der Waals surface area contributed by atoms with Crippen molar-refractivity contribution in [1.29, 1.82) is 0 Å². The van der Waals surface area contributed by atoms with Crippen molar-refractivity contribution in [3.05, 3.63) is 46.5 Å². The number of hydrogen-bond donors (Lipinski definition) is 1. The topological polar surface area (TPSA) is 42.7 Å². The summed E-state index contributed by atoms with van der Waals surface area (Å²) in [7, 11) is 1.89. The van der Waals surface area contributed by atoms with Gasteiger partial charge in [-0.15, -0.1) is 0 Å². The van der Waals surface area contributed by atoms with Crippen LogP contribution in [0.5, 0.6) is 0 Å². The Morgan fingerprint density at radius 2 is 2.17 bits per heavy atom. The van der Waals surface area contributed by atoms with Crippen LogP contribution in [-0.2, 0) is 7.05 Å². The van der Waals surface area contributed by atoms with Crippen molar-refractivity contribution in [3.8, 4) is 0 Å². The molecular formula is C13H17ClN4. The molecule has 18 heavy (non-hydrogen) atoms. The van der Waals surface area contributed by atoms with Crippen LogP contribution in [0.15, 0.2) is 24.5 Å². The molecule has 0 amide bonds. The molecule has 1 atom stereocenters.